The molecular weight excluding hydrogens is 318 g/mol. The molecule has 0 aromatic heterocycles. The molecule has 0 radical (unpaired) electrons. The minimum absolute atomic E-state index is 0.000859. The zero-order chi connectivity index (χ0) is 18.1. The van der Waals surface area contributed by atoms with Crippen LogP contribution in [0.1, 0.15) is 30.4 Å². The molecule has 0 spiro atoms. The van der Waals surface area contributed by atoms with Gasteiger partial charge in [0.1, 0.15) is 0 Å². The number of primary amides is 1. The number of anilines is 1. The summed E-state index contributed by atoms with van der Waals surface area (Å²) in [5, 5.41) is 0. The average molecular weight is 343 g/mol. The van der Waals surface area contributed by atoms with E-state index in [1.165, 1.54) is 0 Å². The van der Waals surface area contributed by atoms with Crippen molar-refractivity contribution < 1.29 is 14.4 Å². The molecule has 3 amide bonds. The predicted octanol–water partition coefficient (Wildman–Crippen LogP) is 1.38. The van der Waals surface area contributed by atoms with E-state index in [-0.39, 0.29) is 36.0 Å². The molecule has 0 saturated carbocycles. The molecule has 1 aromatic carbocycles. The normalized spacial score (nSPS) is 21.7. The van der Waals surface area contributed by atoms with Gasteiger partial charge in [-0.3, -0.25) is 14.4 Å². The summed E-state index contributed by atoms with van der Waals surface area (Å²) in [6.45, 7) is 5.53. The van der Waals surface area contributed by atoms with Crippen molar-refractivity contribution in [3.05, 3.63) is 29.3 Å². The van der Waals surface area contributed by atoms with Gasteiger partial charge < -0.3 is 15.5 Å². The Hall–Kier alpha value is -2.37. The predicted molar refractivity (Wildman–Crippen MR) is 94.9 cm³/mol. The van der Waals surface area contributed by atoms with E-state index in [9.17, 15) is 14.4 Å². The van der Waals surface area contributed by atoms with Gasteiger partial charge in [-0.2, -0.15) is 0 Å². The Kier molecular flexibility index (Phi) is 4.79. The highest BCUT2D eigenvalue weighted by Crippen LogP contribution is 2.31. The second-order valence-corrected chi connectivity index (χ2v) is 7.13. The summed E-state index contributed by atoms with van der Waals surface area (Å²) in [7, 11) is 0. The summed E-state index contributed by atoms with van der Waals surface area (Å²) in [5.74, 6) is -0.717. The Balaban J connectivity index is 1.67. The van der Waals surface area contributed by atoms with Crippen molar-refractivity contribution in [2.45, 2.75) is 33.1 Å². The molecule has 6 nitrogen and oxygen atoms in total. The average Bonchev–Trinajstić information content (AvgIpc) is 2.98. The number of benzene rings is 1. The van der Waals surface area contributed by atoms with Gasteiger partial charge in [-0.25, -0.2) is 0 Å². The lowest BCUT2D eigenvalue weighted by molar-refractivity contribution is -0.138. The van der Waals surface area contributed by atoms with Gasteiger partial charge in [0, 0.05) is 37.7 Å². The van der Waals surface area contributed by atoms with E-state index in [1.807, 2.05) is 32.0 Å². The molecule has 25 heavy (non-hydrogen) atoms. The number of nitrogens with zero attached hydrogens (tertiary/aromatic N) is 2. The third kappa shape index (κ3) is 3.38. The number of carbonyl (C=O) groups is 3. The lowest BCUT2D eigenvalue weighted by atomic mass is 9.95. The lowest BCUT2D eigenvalue weighted by Crippen LogP contribution is -2.44. The zero-order valence-electron chi connectivity index (χ0n) is 14.8. The van der Waals surface area contributed by atoms with Crippen molar-refractivity contribution in [2.75, 3.05) is 24.5 Å². The van der Waals surface area contributed by atoms with Crippen molar-refractivity contribution in [1.82, 2.24) is 4.90 Å². The maximum absolute atomic E-state index is 12.8. The van der Waals surface area contributed by atoms with Crippen LogP contribution in [0.2, 0.25) is 0 Å². The van der Waals surface area contributed by atoms with Crippen LogP contribution in [0.15, 0.2) is 18.2 Å². The number of rotatable bonds is 3. The number of nitrogens with two attached hydrogens (primary N) is 1. The smallest absolute Gasteiger partial charge is 0.228 e. The molecular formula is C19H25N3O3. The number of aryl methyl sites for hydroxylation is 1. The Bertz CT molecular complexity index is 708. The lowest BCUT2D eigenvalue weighted by Gasteiger charge is -2.32. The number of hydrogen-bond donors (Lipinski definition) is 1. The Labute approximate surface area is 148 Å². The molecule has 2 heterocycles. The summed E-state index contributed by atoms with van der Waals surface area (Å²) < 4.78 is 0. The number of piperidine rings is 1. The van der Waals surface area contributed by atoms with E-state index >= 15 is 0 Å². The fraction of sp³-hybridized carbons (Fsp3) is 0.526. The van der Waals surface area contributed by atoms with Gasteiger partial charge in [-0.1, -0.05) is 12.1 Å². The van der Waals surface area contributed by atoms with Crippen molar-refractivity contribution in [3.8, 4) is 0 Å². The first kappa shape index (κ1) is 17.5. The first-order valence-corrected chi connectivity index (χ1v) is 8.83. The maximum Gasteiger partial charge on any atom is 0.228 e. The number of hydrogen-bond acceptors (Lipinski definition) is 3. The van der Waals surface area contributed by atoms with E-state index in [2.05, 4.69) is 0 Å². The second kappa shape index (κ2) is 6.86. The summed E-state index contributed by atoms with van der Waals surface area (Å²) in [5.41, 5.74) is 8.45. The Morgan fingerprint density at radius 1 is 1.12 bits per heavy atom. The van der Waals surface area contributed by atoms with Crippen LogP contribution in [0.5, 0.6) is 0 Å². The summed E-state index contributed by atoms with van der Waals surface area (Å²) in [6, 6.07) is 5.89. The number of likely N-dealkylation sites (tertiary alicyclic amines) is 1. The van der Waals surface area contributed by atoms with E-state index in [1.54, 1.807) is 9.80 Å². The van der Waals surface area contributed by atoms with Crippen molar-refractivity contribution in [2.24, 2.45) is 17.6 Å². The van der Waals surface area contributed by atoms with Crippen molar-refractivity contribution in [1.29, 1.82) is 0 Å². The fourth-order valence-corrected chi connectivity index (χ4v) is 3.78. The third-order valence-corrected chi connectivity index (χ3v) is 5.55. The first-order valence-electron chi connectivity index (χ1n) is 8.83. The Morgan fingerprint density at radius 3 is 2.44 bits per heavy atom. The van der Waals surface area contributed by atoms with Crippen LogP contribution in [0, 0.1) is 25.7 Å². The molecule has 0 unspecified atom stereocenters. The molecule has 2 fully saturated rings. The summed E-state index contributed by atoms with van der Waals surface area (Å²) in [6.07, 6.45) is 1.48. The molecule has 2 N–H and O–H groups in total. The van der Waals surface area contributed by atoms with Gasteiger partial charge >= 0.3 is 0 Å². The van der Waals surface area contributed by atoms with Gasteiger partial charge in [0.25, 0.3) is 0 Å². The third-order valence-electron chi connectivity index (χ3n) is 5.55. The summed E-state index contributed by atoms with van der Waals surface area (Å²) in [4.78, 5) is 40.0. The fourth-order valence-electron chi connectivity index (χ4n) is 3.78. The molecule has 6 heteroatoms. The van der Waals surface area contributed by atoms with E-state index in [0.29, 0.717) is 32.5 Å². The molecule has 2 aliphatic rings. The standard InChI is InChI=1S/C19H25N3O3/c1-12-4-3-5-16(13(12)2)22-11-15(10-17(22)23)19(25)21-8-6-14(7-9-21)18(20)24/h3-5,14-15H,6-11H2,1-2H3,(H2,20,24)/t15-/m0/s1. The molecule has 2 aliphatic heterocycles. The topological polar surface area (TPSA) is 83.7 Å². The molecule has 2 saturated heterocycles. The van der Waals surface area contributed by atoms with Crippen LogP contribution in [0.4, 0.5) is 5.69 Å². The molecule has 3 rings (SSSR count). The Morgan fingerprint density at radius 2 is 1.80 bits per heavy atom. The van der Waals surface area contributed by atoms with Gasteiger partial charge in [0.2, 0.25) is 17.7 Å². The van der Waals surface area contributed by atoms with Crippen molar-refractivity contribution >= 4 is 23.4 Å². The highest BCUT2D eigenvalue weighted by molar-refractivity contribution is 6.01. The van der Waals surface area contributed by atoms with Gasteiger partial charge in [0.05, 0.1) is 5.92 Å². The van der Waals surface area contributed by atoms with Gasteiger partial charge in [0.15, 0.2) is 0 Å². The van der Waals surface area contributed by atoms with Crippen molar-refractivity contribution in [3.63, 3.8) is 0 Å². The molecule has 1 atom stereocenters. The molecule has 0 aliphatic carbocycles. The highest BCUT2D eigenvalue weighted by Gasteiger charge is 2.38. The zero-order valence-corrected chi connectivity index (χ0v) is 14.8. The monoisotopic (exact) mass is 343 g/mol. The van der Waals surface area contributed by atoms with Crippen LogP contribution in [-0.4, -0.2) is 42.3 Å². The van der Waals surface area contributed by atoms with Crippen LogP contribution in [0.3, 0.4) is 0 Å². The quantitative estimate of drug-likeness (QED) is 0.900. The minimum atomic E-state index is -0.308. The highest BCUT2D eigenvalue weighted by atomic mass is 16.2. The van der Waals surface area contributed by atoms with E-state index < -0.39 is 0 Å². The number of amides is 3. The number of carbonyl (C=O) groups excluding carboxylic acids is 3. The van der Waals surface area contributed by atoms with Gasteiger partial charge in [-0.05, 0) is 43.9 Å². The maximum atomic E-state index is 12.8. The van der Waals surface area contributed by atoms with Crippen LogP contribution in [0.25, 0.3) is 0 Å². The largest absolute Gasteiger partial charge is 0.369 e. The second-order valence-electron chi connectivity index (χ2n) is 7.13. The van der Waals surface area contributed by atoms with Crippen LogP contribution < -0.4 is 10.6 Å². The van der Waals surface area contributed by atoms with Crippen LogP contribution in [-0.2, 0) is 14.4 Å². The molecule has 0 bridgehead atoms. The molecule has 1 aromatic rings. The first-order chi connectivity index (χ1) is 11.9. The van der Waals surface area contributed by atoms with E-state index in [4.69, 9.17) is 5.73 Å². The minimum Gasteiger partial charge on any atom is -0.369 e. The summed E-state index contributed by atoms with van der Waals surface area (Å²) >= 11 is 0. The SMILES string of the molecule is Cc1cccc(N2C[C@@H](C(=O)N3CCC(C(N)=O)CC3)CC2=O)c1C. The van der Waals surface area contributed by atoms with Crippen LogP contribution >= 0.6 is 0 Å². The van der Waals surface area contributed by atoms with E-state index in [0.717, 1.165) is 16.8 Å². The van der Waals surface area contributed by atoms with Gasteiger partial charge in [-0.15, -0.1) is 0 Å². The molecule has 134 valence electrons.